The van der Waals surface area contributed by atoms with E-state index in [1.54, 1.807) is 6.07 Å². The molecule has 62 valence electrons. The van der Waals surface area contributed by atoms with Crippen molar-refractivity contribution in [2.45, 2.75) is 0 Å². The first-order chi connectivity index (χ1) is 5.75. The lowest BCUT2D eigenvalue weighted by atomic mass is 10.1. The van der Waals surface area contributed by atoms with E-state index in [1.807, 2.05) is 18.2 Å². The van der Waals surface area contributed by atoms with Crippen LogP contribution in [0, 0.1) is 0 Å². The van der Waals surface area contributed by atoms with Crippen LogP contribution < -0.4 is 4.74 Å². The van der Waals surface area contributed by atoms with E-state index in [2.05, 4.69) is 0 Å². The number of ether oxygens (including phenoxy) is 1. The van der Waals surface area contributed by atoms with Crippen LogP contribution in [0.3, 0.4) is 0 Å². The van der Waals surface area contributed by atoms with Crippen molar-refractivity contribution in [2.75, 3.05) is 6.61 Å². The molecule has 0 saturated heterocycles. The summed E-state index contributed by atoms with van der Waals surface area (Å²) in [6.45, 7) is 0.455. The van der Waals surface area contributed by atoms with E-state index in [9.17, 15) is 0 Å². The molecule has 0 radical (unpaired) electrons. The van der Waals surface area contributed by atoms with Gasteiger partial charge in [0.2, 0.25) is 0 Å². The van der Waals surface area contributed by atoms with Gasteiger partial charge in [0.25, 0.3) is 0 Å². The molecule has 1 heterocycles. The minimum atomic E-state index is 0.455. The molecule has 0 saturated carbocycles. The van der Waals surface area contributed by atoms with Crippen molar-refractivity contribution in [1.82, 2.24) is 0 Å². The lowest BCUT2D eigenvalue weighted by Crippen LogP contribution is -2.03. The maximum absolute atomic E-state index is 5.80. The van der Waals surface area contributed by atoms with E-state index in [1.165, 1.54) is 0 Å². The average Bonchev–Trinajstić information content (AvgIpc) is 2.03. The highest BCUT2D eigenvalue weighted by Crippen LogP contribution is 2.29. The van der Waals surface area contributed by atoms with Gasteiger partial charge in [-0.2, -0.15) is 0 Å². The van der Waals surface area contributed by atoms with Gasteiger partial charge >= 0.3 is 0 Å². The van der Waals surface area contributed by atoms with Crippen molar-refractivity contribution in [2.24, 2.45) is 0 Å². The van der Waals surface area contributed by atoms with Crippen LogP contribution in [0.2, 0.25) is 5.02 Å². The smallest absolute Gasteiger partial charge is 0.127 e. The average molecular weight is 201 g/mol. The van der Waals surface area contributed by atoms with Crippen molar-refractivity contribution in [1.29, 1.82) is 0 Å². The minimum Gasteiger partial charge on any atom is -0.487 e. The molecule has 0 N–H and O–H groups in total. The molecule has 1 aromatic carbocycles. The maximum atomic E-state index is 5.80. The third-order valence-corrected chi connectivity index (χ3v) is 2.10. The van der Waals surface area contributed by atoms with Gasteiger partial charge in [-0.05, 0) is 24.3 Å². The van der Waals surface area contributed by atoms with Gasteiger partial charge in [-0.3, -0.25) is 0 Å². The monoisotopic (exact) mass is 200 g/mol. The Kier molecular flexibility index (Phi) is 1.99. The molecule has 1 aromatic rings. The third-order valence-electron chi connectivity index (χ3n) is 1.65. The summed E-state index contributed by atoms with van der Waals surface area (Å²) in [5, 5.41) is 1.39. The van der Waals surface area contributed by atoms with Gasteiger partial charge in [-0.1, -0.05) is 23.2 Å². The Bertz CT molecular complexity index is 344. The van der Waals surface area contributed by atoms with E-state index >= 15 is 0 Å². The maximum Gasteiger partial charge on any atom is 0.127 e. The van der Waals surface area contributed by atoms with Gasteiger partial charge < -0.3 is 4.74 Å². The van der Waals surface area contributed by atoms with Gasteiger partial charge in [-0.25, -0.2) is 0 Å². The highest BCUT2D eigenvalue weighted by atomic mass is 35.5. The molecule has 0 bridgehead atoms. The van der Waals surface area contributed by atoms with Crippen LogP contribution in [-0.2, 0) is 0 Å². The number of rotatable bonds is 0. The van der Waals surface area contributed by atoms with Crippen molar-refractivity contribution in [3.63, 3.8) is 0 Å². The number of hydrogen-bond donors (Lipinski definition) is 0. The van der Waals surface area contributed by atoms with Crippen molar-refractivity contribution in [3.05, 3.63) is 33.8 Å². The highest BCUT2D eigenvalue weighted by Gasteiger charge is 2.09. The molecule has 0 amide bonds. The molecule has 1 nitrogen and oxygen atoms in total. The fourth-order valence-corrected chi connectivity index (χ4v) is 1.47. The van der Waals surface area contributed by atoms with Crippen molar-refractivity contribution in [3.8, 4) is 5.75 Å². The molecule has 1 aliphatic rings. The number of benzene rings is 1. The second-order valence-electron chi connectivity index (χ2n) is 2.56. The Hall–Kier alpha value is -0.660. The Labute approximate surface area is 80.6 Å². The van der Waals surface area contributed by atoms with Crippen molar-refractivity contribution >= 4 is 29.3 Å². The zero-order valence-corrected chi connectivity index (χ0v) is 7.69. The predicted molar refractivity (Wildman–Crippen MR) is 50.8 cm³/mol. The van der Waals surface area contributed by atoms with Gasteiger partial charge in [-0.15, -0.1) is 0 Å². The quantitative estimate of drug-likeness (QED) is 0.625. The second-order valence-corrected chi connectivity index (χ2v) is 3.48. The van der Waals surface area contributed by atoms with E-state index in [0.29, 0.717) is 16.7 Å². The summed E-state index contributed by atoms with van der Waals surface area (Å²) in [7, 11) is 0. The molecule has 0 unspecified atom stereocenters. The van der Waals surface area contributed by atoms with E-state index in [0.717, 1.165) is 11.3 Å². The summed E-state index contributed by atoms with van der Waals surface area (Å²) < 4.78 is 5.33. The van der Waals surface area contributed by atoms with Crippen LogP contribution in [0.15, 0.2) is 23.2 Å². The van der Waals surface area contributed by atoms with Gasteiger partial charge in [0.1, 0.15) is 12.4 Å². The molecule has 0 aromatic heterocycles. The molecule has 0 spiro atoms. The number of fused-ring (bicyclic) bond motifs is 1. The molecule has 0 fully saturated rings. The first-order valence-corrected chi connectivity index (χ1v) is 4.30. The Morgan fingerprint density at radius 2 is 2.08 bits per heavy atom. The largest absolute Gasteiger partial charge is 0.487 e. The molecule has 12 heavy (non-hydrogen) atoms. The third kappa shape index (κ3) is 1.43. The summed E-state index contributed by atoms with van der Waals surface area (Å²) in [6.07, 6.45) is 1.87. The summed E-state index contributed by atoms with van der Waals surface area (Å²) >= 11 is 11.6. The zero-order valence-electron chi connectivity index (χ0n) is 6.18. The Balaban J connectivity index is 2.53. The molecular weight excluding hydrogens is 195 g/mol. The van der Waals surface area contributed by atoms with E-state index in [-0.39, 0.29) is 0 Å². The molecule has 0 atom stereocenters. The summed E-state index contributed by atoms with van der Waals surface area (Å²) in [5.74, 6) is 0.837. The summed E-state index contributed by atoms with van der Waals surface area (Å²) in [6, 6.07) is 5.48. The Morgan fingerprint density at radius 1 is 1.25 bits per heavy atom. The normalized spacial score (nSPS) is 14.7. The molecular formula is C9H6Cl2O. The van der Waals surface area contributed by atoms with Gasteiger partial charge in [0, 0.05) is 10.6 Å². The molecule has 3 heteroatoms. The van der Waals surface area contributed by atoms with Crippen LogP contribution in [-0.4, -0.2) is 6.61 Å². The van der Waals surface area contributed by atoms with Crippen molar-refractivity contribution < 1.29 is 4.74 Å². The fraction of sp³-hybridized carbons (Fsp3) is 0.111. The Morgan fingerprint density at radius 3 is 2.92 bits per heavy atom. The highest BCUT2D eigenvalue weighted by molar-refractivity contribution is 6.32. The fourth-order valence-electron chi connectivity index (χ4n) is 1.12. The predicted octanol–water partition coefficient (Wildman–Crippen LogP) is 3.31. The number of halogens is 2. The molecule has 2 rings (SSSR count). The zero-order chi connectivity index (χ0) is 8.55. The van der Waals surface area contributed by atoms with Crippen LogP contribution in [0.25, 0.3) is 6.08 Å². The lowest BCUT2D eigenvalue weighted by Gasteiger charge is -2.14. The van der Waals surface area contributed by atoms with E-state index in [4.69, 9.17) is 27.9 Å². The molecule has 0 aliphatic carbocycles. The first-order valence-electron chi connectivity index (χ1n) is 3.54. The second kappa shape index (κ2) is 3.00. The summed E-state index contributed by atoms with van der Waals surface area (Å²) in [5.41, 5.74) is 0.943. The van der Waals surface area contributed by atoms with Gasteiger partial charge in [0.15, 0.2) is 0 Å². The van der Waals surface area contributed by atoms with Crippen LogP contribution in [0.4, 0.5) is 0 Å². The van der Waals surface area contributed by atoms with Crippen LogP contribution in [0.5, 0.6) is 5.75 Å². The van der Waals surface area contributed by atoms with E-state index < -0.39 is 0 Å². The van der Waals surface area contributed by atoms with Crippen LogP contribution >= 0.6 is 23.2 Å². The van der Waals surface area contributed by atoms with Crippen LogP contribution in [0.1, 0.15) is 5.56 Å². The first kappa shape index (κ1) is 7.96. The number of hydrogen-bond acceptors (Lipinski definition) is 1. The lowest BCUT2D eigenvalue weighted by molar-refractivity contribution is 0.354. The minimum absolute atomic E-state index is 0.455. The SMILES string of the molecule is ClC1=Cc2cc(Cl)ccc2OC1. The molecule has 1 aliphatic heterocycles. The standard InChI is InChI=1S/C9H6Cl2O/c10-7-1-2-9-6(3-7)4-8(11)5-12-9/h1-4H,5H2. The summed E-state index contributed by atoms with van der Waals surface area (Å²) in [4.78, 5) is 0. The van der Waals surface area contributed by atoms with Gasteiger partial charge in [0.05, 0.1) is 5.03 Å². The topological polar surface area (TPSA) is 9.23 Å².